The van der Waals surface area contributed by atoms with Gasteiger partial charge in [-0.25, -0.2) is 0 Å². The summed E-state index contributed by atoms with van der Waals surface area (Å²) in [7, 11) is 0. The third-order valence-electron chi connectivity index (χ3n) is 3.89. The molecule has 1 N–H and O–H groups in total. The zero-order chi connectivity index (χ0) is 15.1. The number of fused-ring (bicyclic) bond motifs is 1. The Morgan fingerprint density at radius 2 is 1.81 bits per heavy atom. The predicted molar refractivity (Wildman–Crippen MR) is 90.7 cm³/mol. The molecule has 2 aromatic carbocycles. The van der Waals surface area contributed by atoms with Gasteiger partial charge in [0.05, 0.1) is 18.8 Å². The van der Waals surface area contributed by atoms with Crippen LogP contribution in [0.15, 0.2) is 42.5 Å². The first kappa shape index (κ1) is 16.0. The summed E-state index contributed by atoms with van der Waals surface area (Å²) in [5.41, 5.74) is 1.33. The molecule has 0 radical (unpaired) electrons. The van der Waals surface area contributed by atoms with Crippen LogP contribution in [0, 0.1) is 0 Å². The first-order valence-corrected chi connectivity index (χ1v) is 8.08. The van der Waals surface area contributed by atoms with E-state index in [1.165, 1.54) is 22.8 Å². The van der Waals surface area contributed by atoms with Crippen LogP contribution < -0.4 is 5.32 Å². The van der Waals surface area contributed by atoms with Gasteiger partial charge in [-0.3, -0.25) is 0 Å². The molecule has 0 saturated carbocycles. The molecule has 0 heterocycles. The van der Waals surface area contributed by atoms with E-state index in [9.17, 15) is 0 Å². The molecule has 114 valence electrons. The summed E-state index contributed by atoms with van der Waals surface area (Å²) in [4.78, 5) is 0. The van der Waals surface area contributed by atoms with Gasteiger partial charge >= 0.3 is 0 Å². The van der Waals surface area contributed by atoms with Crippen LogP contribution in [-0.2, 0) is 4.74 Å². The standard InChI is InChI=1S/C19H27NO/c1-4-9-15(3)21-14-19(20-5-2)18-13-8-11-16-10-6-7-12-17(16)18/h6-8,10-13,15,19-20H,4-5,9,14H2,1-3H3. The fraction of sp³-hybridized carbons (Fsp3) is 0.474. The summed E-state index contributed by atoms with van der Waals surface area (Å²) in [6.45, 7) is 8.18. The molecule has 2 atom stereocenters. The van der Waals surface area contributed by atoms with Crippen molar-refractivity contribution in [2.75, 3.05) is 13.2 Å². The Bertz CT molecular complexity index is 547. The van der Waals surface area contributed by atoms with E-state index >= 15 is 0 Å². The lowest BCUT2D eigenvalue weighted by molar-refractivity contribution is 0.0445. The van der Waals surface area contributed by atoms with Gasteiger partial charge < -0.3 is 10.1 Å². The van der Waals surface area contributed by atoms with E-state index < -0.39 is 0 Å². The smallest absolute Gasteiger partial charge is 0.0665 e. The predicted octanol–water partition coefficient (Wildman–Crippen LogP) is 4.70. The third kappa shape index (κ3) is 4.29. The monoisotopic (exact) mass is 285 g/mol. The second-order valence-electron chi connectivity index (χ2n) is 5.61. The molecule has 2 unspecified atom stereocenters. The van der Waals surface area contributed by atoms with Crippen LogP contribution in [0.4, 0.5) is 0 Å². The first-order chi connectivity index (χ1) is 10.3. The number of benzene rings is 2. The van der Waals surface area contributed by atoms with Crippen molar-refractivity contribution in [1.82, 2.24) is 5.32 Å². The summed E-state index contributed by atoms with van der Waals surface area (Å²) < 4.78 is 6.04. The van der Waals surface area contributed by atoms with Gasteiger partial charge in [0.25, 0.3) is 0 Å². The van der Waals surface area contributed by atoms with E-state index in [1.807, 2.05) is 0 Å². The maximum absolute atomic E-state index is 6.04. The van der Waals surface area contributed by atoms with Crippen LogP contribution in [-0.4, -0.2) is 19.3 Å². The zero-order valence-electron chi connectivity index (χ0n) is 13.4. The minimum Gasteiger partial charge on any atom is -0.377 e. The Morgan fingerprint density at radius 1 is 1.05 bits per heavy atom. The fourth-order valence-electron chi connectivity index (χ4n) is 2.81. The lowest BCUT2D eigenvalue weighted by Crippen LogP contribution is -2.27. The highest BCUT2D eigenvalue weighted by Gasteiger charge is 2.14. The molecule has 0 bridgehead atoms. The molecule has 0 aliphatic heterocycles. The van der Waals surface area contributed by atoms with Crippen molar-refractivity contribution >= 4 is 10.8 Å². The Balaban J connectivity index is 2.19. The van der Waals surface area contributed by atoms with Gasteiger partial charge in [0, 0.05) is 0 Å². The highest BCUT2D eigenvalue weighted by Crippen LogP contribution is 2.25. The van der Waals surface area contributed by atoms with Crippen LogP contribution >= 0.6 is 0 Å². The number of hydrogen-bond donors (Lipinski definition) is 1. The van der Waals surface area contributed by atoms with Gasteiger partial charge in [-0.1, -0.05) is 62.7 Å². The lowest BCUT2D eigenvalue weighted by atomic mass is 9.99. The normalized spacial score (nSPS) is 14.2. The molecule has 0 spiro atoms. The van der Waals surface area contributed by atoms with Gasteiger partial charge in [0.15, 0.2) is 0 Å². The summed E-state index contributed by atoms with van der Waals surface area (Å²) in [5, 5.41) is 6.17. The maximum atomic E-state index is 6.04. The highest BCUT2D eigenvalue weighted by molar-refractivity contribution is 5.86. The number of hydrogen-bond acceptors (Lipinski definition) is 2. The molecule has 2 heteroatoms. The van der Waals surface area contributed by atoms with Crippen LogP contribution in [0.1, 0.15) is 45.2 Å². The average Bonchev–Trinajstić information content (AvgIpc) is 2.51. The molecule has 0 amide bonds. The molecular formula is C19H27NO. The minimum absolute atomic E-state index is 0.250. The van der Waals surface area contributed by atoms with Crippen LogP contribution in [0.3, 0.4) is 0 Å². The molecular weight excluding hydrogens is 258 g/mol. The van der Waals surface area contributed by atoms with Crippen molar-refractivity contribution in [2.24, 2.45) is 0 Å². The van der Waals surface area contributed by atoms with E-state index in [4.69, 9.17) is 4.74 Å². The van der Waals surface area contributed by atoms with Crippen LogP contribution in [0.25, 0.3) is 10.8 Å². The summed E-state index contributed by atoms with van der Waals surface area (Å²) in [6, 6.07) is 15.3. The van der Waals surface area contributed by atoms with Gasteiger partial charge in [-0.05, 0) is 36.2 Å². The SMILES string of the molecule is CCCC(C)OCC(NCC)c1cccc2ccccc12. The van der Waals surface area contributed by atoms with Crippen molar-refractivity contribution in [3.63, 3.8) is 0 Å². The third-order valence-corrected chi connectivity index (χ3v) is 3.89. The molecule has 2 aromatic rings. The van der Waals surface area contributed by atoms with E-state index in [1.54, 1.807) is 0 Å². The molecule has 0 saturated heterocycles. The molecule has 2 nitrogen and oxygen atoms in total. The second-order valence-corrected chi connectivity index (χ2v) is 5.61. The van der Waals surface area contributed by atoms with Crippen LogP contribution in [0.5, 0.6) is 0 Å². The van der Waals surface area contributed by atoms with E-state index in [2.05, 4.69) is 68.6 Å². The molecule has 0 fully saturated rings. The molecule has 2 rings (SSSR count). The van der Waals surface area contributed by atoms with Gasteiger partial charge in [-0.15, -0.1) is 0 Å². The molecule has 0 aliphatic rings. The van der Waals surface area contributed by atoms with Crippen LogP contribution in [0.2, 0.25) is 0 Å². The topological polar surface area (TPSA) is 21.3 Å². The number of nitrogens with one attached hydrogen (secondary N) is 1. The summed E-state index contributed by atoms with van der Waals surface area (Å²) in [6.07, 6.45) is 2.61. The van der Waals surface area contributed by atoms with Gasteiger partial charge in [0.1, 0.15) is 0 Å². The second kappa shape index (κ2) is 8.16. The largest absolute Gasteiger partial charge is 0.377 e. The van der Waals surface area contributed by atoms with Crippen molar-refractivity contribution in [3.8, 4) is 0 Å². The minimum atomic E-state index is 0.250. The number of rotatable bonds is 8. The Kier molecular flexibility index (Phi) is 6.21. The van der Waals surface area contributed by atoms with Gasteiger partial charge in [0.2, 0.25) is 0 Å². The molecule has 21 heavy (non-hydrogen) atoms. The molecule has 0 aliphatic carbocycles. The van der Waals surface area contributed by atoms with Crippen molar-refractivity contribution < 1.29 is 4.74 Å². The summed E-state index contributed by atoms with van der Waals surface area (Å²) >= 11 is 0. The van der Waals surface area contributed by atoms with E-state index in [0.717, 1.165) is 19.6 Å². The average molecular weight is 285 g/mol. The van der Waals surface area contributed by atoms with Gasteiger partial charge in [-0.2, -0.15) is 0 Å². The lowest BCUT2D eigenvalue weighted by Gasteiger charge is -2.22. The maximum Gasteiger partial charge on any atom is 0.0665 e. The summed E-state index contributed by atoms with van der Waals surface area (Å²) in [5.74, 6) is 0. The fourth-order valence-corrected chi connectivity index (χ4v) is 2.81. The number of ether oxygens (including phenoxy) is 1. The quantitative estimate of drug-likeness (QED) is 0.759. The first-order valence-electron chi connectivity index (χ1n) is 8.08. The Hall–Kier alpha value is -1.38. The van der Waals surface area contributed by atoms with Crippen molar-refractivity contribution in [1.29, 1.82) is 0 Å². The van der Waals surface area contributed by atoms with Crippen molar-refractivity contribution in [2.45, 2.75) is 45.8 Å². The molecule has 0 aromatic heterocycles. The van der Waals surface area contributed by atoms with E-state index in [0.29, 0.717) is 6.10 Å². The number of likely N-dealkylation sites (N-methyl/N-ethyl adjacent to an activating group) is 1. The van der Waals surface area contributed by atoms with E-state index in [-0.39, 0.29) is 6.04 Å². The Morgan fingerprint density at radius 3 is 2.57 bits per heavy atom. The highest BCUT2D eigenvalue weighted by atomic mass is 16.5. The zero-order valence-corrected chi connectivity index (χ0v) is 13.4. The Labute approximate surface area is 128 Å². The van der Waals surface area contributed by atoms with Crippen molar-refractivity contribution in [3.05, 3.63) is 48.0 Å².